The molecule has 0 aliphatic heterocycles. The monoisotopic (exact) mass is 250 g/mol. The van der Waals surface area contributed by atoms with Crippen LogP contribution in [0.1, 0.15) is 23.9 Å². The van der Waals surface area contributed by atoms with E-state index in [0.29, 0.717) is 0 Å². The van der Waals surface area contributed by atoms with E-state index in [0.717, 1.165) is 30.0 Å². The molecule has 0 radical (unpaired) electrons. The SMILES string of the molecule is COc1cnn(C)c1C(CCc1ccco1)NN. The molecule has 0 bridgehead atoms. The number of aromatic nitrogens is 2. The molecule has 6 nitrogen and oxygen atoms in total. The maximum absolute atomic E-state index is 5.62. The number of nitrogens with two attached hydrogens (primary N) is 1. The second kappa shape index (κ2) is 5.70. The minimum absolute atomic E-state index is 0.0300. The van der Waals surface area contributed by atoms with Gasteiger partial charge in [0.15, 0.2) is 5.75 Å². The Morgan fingerprint density at radius 3 is 3.06 bits per heavy atom. The third-order valence-corrected chi connectivity index (χ3v) is 2.96. The minimum atomic E-state index is -0.0300. The van der Waals surface area contributed by atoms with Gasteiger partial charge in [0, 0.05) is 13.5 Å². The number of rotatable bonds is 6. The van der Waals surface area contributed by atoms with E-state index in [9.17, 15) is 0 Å². The number of nitrogens with zero attached hydrogens (tertiary/aromatic N) is 2. The van der Waals surface area contributed by atoms with Gasteiger partial charge in [0.1, 0.15) is 5.76 Å². The number of furan rings is 1. The molecule has 0 amide bonds. The van der Waals surface area contributed by atoms with E-state index >= 15 is 0 Å². The van der Waals surface area contributed by atoms with E-state index in [-0.39, 0.29) is 6.04 Å². The summed E-state index contributed by atoms with van der Waals surface area (Å²) >= 11 is 0. The van der Waals surface area contributed by atoms with Crippen LogP contribution in [0.25, 0.3) is 0 Å². The molecule has 0 aliphatic rings. The molecule has 2 heterocycles. The van der Waals surface area contributed by atoms with Crippen molar-refractivity contribution in [3.8, 4) is 5.75 Å². The molecular formula is C12H18N4O2. The van der Waals surface area contributed by atoms with Gasteiger partial charge in [-0.15, -0.1) is 0 Å². The van der Waals surface area contributed by atoms with Crippen LogP contribution in [0.5, 0.6) is 5.75 Å². The highest BCUT2D eigenvalue weighted by molar-refractivity contribution is 5.28. The van der Waals surface area contributed by atoms with E-state index < -0.39 is 0 Å². The van der Waals surface area contributed by atoms with Crippen molar-refractivity contribution in [2.75, 3.05) is 7.11 Å². The van der Waals surface area contributed by atoms with Crippen molar-refractivity contribution in [3.63, 3.8) is 0 Å². The molecular weight excluding hydrogens is 232 g/mol. The van der Waals surface area contributed by atoms with Gasteiger partial charge in [0.25, 0.3) is 0 Å². The summed E-state index contributed by atoms with van der Waals surface area (Å²) in [4.78, 5) is 0. The number of methoxy groups -OCH3 is 1. The normalized spacial score (nSPS) is 12.6. The van der Waals surface area contributed by atoms with Crippen LogP contribution in [-0.4, -0.2) is 16.9 Å². The van der Waals surface area contributed by atoms with Crippen molar-refractivity contribution in [2.45, 2.75) is 18.9 Å². The Hall–Kier alpha value is -1.79. The van der Waals surface area contributed by atoms with E-state index in [1.54, 1.807) is 24.3 Å². The molecule has 0 fully saturated rings. The number of hydrazine groups is 1. The van der Waals surface area contributed by atoms with Gasteiger partial charge < -0.3 is 9.15 Å². The quantitative estimate of drug-likeness (QED) is 0.594. The lowest BCUT2D eigenvalue weighted by atomic mass is 10.1. The maximum atomic E-state index is 5.62. The van der Waals surface area contributed by atoms with Crippen molar-refractivity contribution in [2.24, 2.45) is 12.9 Å². The van der Waals surface area contributed by atoms with Crippen molar-refractivity contribution in [1.29, 1.82) is 0 Å². The van der Waals surface area contributed by atoms with Crippen molar-refractivity contribution in [3.05, 3.63) is 36.0 Å². The van der Waals surface area contributed by atoms with Crippen molar-refractivity contribution >= 4 is 0 Å². The number of nitrogens with one attached hydrogen (secondary N) is 1. The summed E-state index contributed by atoms with van der Waals surface area (Å²) in [6.45, 7) is 0. The lowest BCUT2D eigenvalue weighted by Crippen LogP contribution is -2.30. The molecule has 2 rings (SSSR count). The standard InChI is InChI=1S/C12H18N4O2/c1-16-12(11(17-2)8-14-16)10(15-13)6-5-9-4-3-7-18-9/h3-4,7-8,10,15H,5-6,13H2,1-2H3. The van der Waals surface area contributed by atoms with E-state index in [1.807, 2.05) is 19.2 Å². The zero-order valence-corrected chi connectivity index (χ0v) is 10.6. The van der Waals surface area contributed by atoms with Crippen LogP contribution < -0.4 is 16.0 Å². The van der Waals surface area contributed by atoms with Gasteiger partial charge in [-0.05, 0) is 18.6 Å². The van der Waals surface area contributed by atoms with Crippen molar-refractivity contribution < 1.29 is 9.15 Å². The highest BCUT2D eigenvalue weighted by atomic mass is 16.5. The molecule has 6 heteroatoms. The zero-order chi connectivity index (χ0) is 13.0. The second-order valence-corrected chi connectivity index (χ2v) is 4.06. The fourth-order valence-electron chi connectivity index (χ4n) is 2.02. The molecule has 3 N–H and O–H groups in total. The summed E-state index contributed by atoms with van der Waals surface area (Å²) in [6, 6.07) is 3.80. The Morgan fingerprint density at radius 2 is 2.44 bits per heavy atom. The summed E-state index contributed by atoms with van der Waals surface area (Å²) < 4.78 is 12.4. The summed E-state index contributed by atoms with van der Waals surface area (Å²) in [5.41, 5.74) is 3.74. The molecule has 0 aliphatic carbocycles. The minimum Gasteiger partial charge on any atom is -0.493 e. The number of hydrogen-bond acceptors (Lipinski definition) is 5. The van der Waals surface area contributed by atoms with E-state index in [4.69, 9.17) is 15.0 Å². The fraction of sp³-hybridized carbons (Fsp3) is 0.417. The van der Waals surface area contributed by atoms with Gasteiger partial charge in [-0.3, -0.25) is 16.0 Å². The second-order valence-electron chi connectivity index (χ2n) is 4.06. The van der Waals surface area contributed by atoms with Crippen LogP contribution in [0, 0.1) is 0 Å². The van der Waals surface area contributed by atoms with Crippen molar-refractivity contribution in [1.82, 2.24) is 15.2 Å². The summed E-state index contributed by atoms with van der Waals surface area (Å²) in [5, 5.41) is 4.17. The predicted octanol–water partition coefficient (Wildman–Crippen LogP) is 1.16. The van der Waals surface area contributed by atoms with Crippen LogP contribution in [0.4, 0.5) is 0 Å². The van der Waals surface area contributed by atoms with E-state index in [2.05, 4.69) is 10.5 Å². The highest BCUT2D eigenvalue weighted by Crippen LogP contribution is 2.26. The maximum Gasteiger partial charge on any atom is 0.161 e. The van der Waals surface area contributed by atoms with Gasteiger partial charge in [0.05, 0.1) is 31.3 Å². The molecule has 2 aromatic rings. The smallest absolute Gasteiger partial charge is 0.161 e. The Kier molecular flexibility index (Phi) is 4.01. The van der Waals surface area contributed by atoms with Gasteiger partial charge in [0.2, 0.25) is 0 Å². The lowest BCUT2D eigenvalue weighted by Gasteiger charge is -2.17. The average Bonchev–Trinajstić information content (AvgIpc) is 3.01. The molecule has 18 heavy (non-hydrogen) atoms. The largest absolute Gasteiger partial charge is 0.493 e. The third-order valence-electron chi connectivity index (χ3n) is 2.96. The van der Waals surface area contributed by atoms with Crippen LogP contribution in [0.2, 0.25) is 0 Å². The first-order valence-electron chi connectivity index (χ1n) is 5.80. The topological polar surface area (TPSA) is 78.2 Å². The first-order chi connectivity index (χ1) is 8.76. The van der Waals surface area contributed by atoms with Crippen LogP contribution >= 0.6 is 0 Å². The highest BCUT2D eigenvalue weighted by Gasteiger charge is 2.19. The summed E-state index contributed by atoms with van der Waals surface area (Å²) in [6.07, 6.45) is 4.97. The Morgan fingerprint density at radius 1 is 1.61 bits per heavy atom. The molecule has 0 saturated heterocycles. The summed E-state index contributed by atoms with van der Waals surface area (Å²) in [5.74, 6) is 7.30. The molecule has 1 unspecified atom stereocenters. The molecule has 0 aromatic carbocycles. The Bertz CT molecular complexity index is 478. The summed E-state index contributed by atoms with van der Waals surface area (Å²) in [7, 11) is 3.50. The first-order valence-corrected chi connectivity index (χ1v) is 5.80. The van der Waals surface area contributed by atoms with Crippen LogP contribution in [0.15, 0.2) is 29.0 Å². The molecule has 98 valence electrons. The number of aryl methyl sites for hydroxylation is 2. The molecule has 0 spiro atoms. The van der Waals surface area contributed by atoms with Crippen LogP contribution in [0.3, 0.4) is 0 Å². The van der Waals surface area contributed by atoms with Gasteiger partial charge in [-0.25, -0.2) is 0 Å². The molecule has 0 saturated carbocycles. The molecule has 1 atom stereocenters. The lowest BCUT2D eigenvalue weighted by molar-refractivity contribution is 0.385. The van der Waals surface area contributed by atoms with Crippen LogP contribution in [-0.2, 0) is 13.5 Å². The van der Waals surface area contributed by atoms with Gasteiger partial charge in [-0.1, -0.05) is 0 Å². The Balaban J connectivity index is 2.10. The molecule has 2 aromatic heterocycles. The number of ether oxygens (including phenoxy) is 1. The van der Waals surface area contributed by atoms with Gasteiger partial charge >= 0.3 is 0 Å². The predicted molar refractivity (Wildman–Crippen MR) is 66.9 cm³/mol. The van der Waals surface area contributed by atoms with Gasteiger partial charge in [-0.2, -0.15) is 5.10 Å². The zero-order valence-electron chi connectivity index (χ0n) is 10.6. The Labute approximate surface area is 106 Å². The fourth-order valence-corrected chi connectivity index (χ4v) is 2.02. The third kappa shape index (κ3) is 2.55. The average molecular weight is 250 g/mol. The first kappa shape index (κ1) is 12.7. The van der Waals surface area contributed by atoms with E-state index in [1.165, 1.54) is 0 Å². The number of hydrogen-bond donors (Lipinski definition) is 2.